The Morgan fingerprint density at radius 1 is 1.33 bits per heavy atom. The number of hydrogen-bond acceptors (Lipinski definition) is 3. The van der Waals surface area contributed by atoms with Crippen LogP contribution in [0.4, 0.5) is 18.9 Å². The lowest BCUT2D eigenvalue weighted by atomic mass is 10.1. The van der Waals surface area contributed by atoms with Gasteiger partial charge in [-0.25, -0.2) is 13.6 Å². The van der Waals surface area contributed by atoms with Crippen molar-refractivity contribution in [1.29, 1.82) is 0 Å². The van der Waals surface area contributed by atoms with Crippen molar-refractivity contribution in [3.63, 3.8) is 0 Å². The zero-order chi connectivity index (χ0) is 16.0. The first-order valence-corrected chi connectivity index (χ1v) is 7.67. The number of alkyl halides is 3. The summed E-state index contributed by atoms with van der Waals surface area (Å²) < 4.78 is 61.5. The molecule has 1 aliphatic rings. The van der Waals surface area contributed by atoms with Gasteiger partial charge >= 0.3 is 6.18 Å². The number of rotatable bonds is 2. The van der Waals surface area contributed by atoms with Crippen molar-refractivity contribution < 1.29 is 26.4 Å². The Hall–Kier alpha value is -1.32. The monoisotopic (exact) mass is 342 g/mol. The van der Waals surface area contributed by atoms with Crippen LogP contribution in [-0.4, -0.2) is 26.1 Å². The summed E-state index contributed by atoms with van der Waals surface area (Å²) >= 11 is 5.55. The van der Waals surface area contributed by atoms with Gasteiger partial charge in [0.2, 0.25) is 15.9 Å². The number of benzene rings is 1. The highest BCUT2D eigenvalue weighted by Gasteiger charge is 2.42. The third-order valence-electron chi connectivity index (χ3n) is 3.11. The van der Waals surface area contributed by atoms with E-state index in [0.717, 1.165) is 11.0 Å². The van der Waals surface area contributed by atoms with Gasteiger partial charge in [0.25, 0.3) is 0 Å². The summed E-state index contributed by atoms with van der Waals surface area (Å²) in [6.45, 7) is -0.414. The number of halogens is 4. The predicted molar refractivity (Wildman–Crippen MR) is 70.3 cm³/mol. The van der Waals surface area contributed by atoms with Gasteiger partial charge in [0.15, 0.2) is 0 Å². The van der Waals surface area contributed by atoms with Crippen LogP contribution in [0.5, 0.6) is 0 Å². The van der Waals surface area contributed by atoms with Crippen LogP contribution in [-0.2, 0) is 21.0 Å². The molecule has 2 rings (SSSR count). The van der Waals surface area contributed by atoms with E-state index < -0.39 is 51.6 Å². The standard InChI is InChI=1S/C11H10ClF3N2O3S/c12-6-1-2-9(8(3-6)11(13,14)15)17-5-7(4-10(17)18)21(16,19)20/h1-3,7H,4-5H2,(H2,16,19,20). The van der Waals surface area contributed by atoms with Crippen LogP contribution >= 0.6 is 11.6 Å². The largest absolute Gasteiger partial charge is 0.418 e. The van der Waals surface area contributed by atoms with E-state index in [9.17, 15) is 26.4 Å². The molecule has 1 aromatic rings. The fourth-order valence-electron chi connectivity index (χ4n) is 2.10. The van der Waals surface area contributed by atoms with Crippen molar-refractivity contribution in [2.45, 2.75) is 17.8 Å². The molecule has 1 fully saturated rings. The molecule has 5 nitrogen and oxygen atoms in total. The molecule has 1 aromatic carbocycles. The molecule has 0 bridgehead atoms. The van der Waals surface area contributed by atoms with Crippen LogP contribution in [0.2, 0.25) is 5.02 Å². The number of nitrogens with zero attached hydrogens (tertiary/aromatic N) is 1. The molecule has 1 atom stereocenters. The smallest absolute Gasteiger partial charge is 0.310 e. The molecule has 0 saturated carbocycles. The topological polar surface area (TPSA) is 80.5 Å². The summed E-state index contributed by atoms with van der Waals surface area (Å²) in [5.41, 5.74) is -1.53. The number of sulfonamides is 1. The number of anilines is 1. The Balaban J connectivity index is 2.46. The fourth-order valence-corrected chi connectivity index (χ4v) is 3.00. The summed E-state index contributed by atoms with van der Waals surface area (Å²) in [5.74, 6) is -0.734. The van der Waals surface area contributed by atoms with Gasteiger partial charge in [0, 0.05) is 18.0 Å². The molecule has 1 aliphatic heterocycles. The minimum Gasteiger partial charge on any atom is -0.310 e. The Bertz CT molecular complexity index is 690. The number of amides is 1. The van der Waals surface area contributed by atoms with Crippen molar-refractivity contribution in [1.82, 2.24) is 0 Å². The summed E-state index contributed by atoms with van der Waals surface area (Å²) in [5, 5.41) is 3.58. The van der Waals surface area contributed by atoms with Crippen LogP contribution in [0.25, 0.3) is 0 Å². The second-order valence-corrected chi connectivity index (χ2v) is 6.86. The zero-order valence-corrected chi connectivity index (χ0v) is 12.0. The van der Waals surface area contributed by atoms with Gasteiger partial charge in [0.1, 0.15) is 5.25 Å². The summed E-state index contributed by atoms with van der Waals surface area (Å²) in [6.07, 6.45) is -5.17. The highest BCUT2D eigenvalue weighted by atomic mass is 35.5. The van der Waals surface area contributed by atoms with Crippen molar-refractivity contribution in [2.24, 2.45) is 5.14 Å². The SMILES string of the molecule is NS(=O)(=O)C1CC(=O)N(c2ccc(Cl)cc2C(F)(F)F)C1. The minimum absolute atomic E-state index is 0.138. The fraction of sp³-hybridized carbons (Fsp3) is 0.364. The Morgan fingerprint density at radius 2 is 1.95 bits per heavy atom. The maximum absolute atomic E-state index is 13.0. The first-order valence-electron chi connectivity index (χ1n) is 5.69. The highest BCUT2D eigenvalue weighted by molar-refractivity contribution is 7.89. The van der Waals surface area contributed by atoms with Gasteiger partial charge in [-0.3, -0.25) is 4.79 Å². The van der Waals surface area contributed by atoms with Gasteiger partial charge in [-0.05, 0) is 18.2 Å². The summed E-state index contributed by atoms with van der Waals surface area (Å²) in [4.78, 5) is 12.6. The molecule has 1 amide bonds. The molecule has 1 unspecified atom stereocenters. The average Bonchev–Trinajstić information content (AvgIpc) is 2.70. The van der Waals surface area contributed by atoms with Crippen molar-refractivity contribution in [3.8, 4) is 0 Å². The van der Waals surface area contributed by atoms with E-state index in [1.165, 1.54) is 6.07 Å². The van der Waals surface area contributed by atoms with Gasteiger partial charge in [-0.2, -0.15) is 13.2 Å². The van der Waals surface area contributed by atoms with E-state index in [1.54, 1.807) is 0 Å². The molecule has 0 spiro atoms. The molecule has 0 aliphatic carbocycles. The van der Waals surface area contributed by atoms with E-state index in [0.29, 0.717) is 6.07 Å². The molecule has 0 radical (unpaired) electrons. The Morgan fingerprint density at radius 3 is 2.43 bits per heavy atom. The second-order valence-electron chi connectivity index (χ2n) is 4.58. The molecular weight excluding hydrogens is 333 g/mol. The summed E-state index contributed by atoms with van der Waals surface area (Å²) in [7, 11) is -4.00. The molecular formula is C11H10ClF3N2O3S. The lowest BCUT2D eigenvalue weighted by molar-refractivity contribution is -0.137. The maximum atomic E-state index is 13.0. The molecule has 2 N–H and O–H groups in total. The zero-order valence-electron chi connectivity index (χ0n) is 10.4. The van der Waals surface area contributed by atoms with Crippen molar-refractivity contribution in [2.75, 3.05) is 11.4 Å². The molecule has 0 aromatic heterocycles. The number of nitrogens with two attached hydrogens (primary N) is 1. The Labute approximate surface area is 123 Å². The van der Waals surface area contributed by atoms with Gasteiger partial charge in [-0.1, -0.05) is 11.6 Å². The molecule has 10 heteroatoms. The van der Waals surface area contributed by atoms with Crippen LogP contribution in [0.15, 0.2) is 18.2 Å². The van der Waals surface area contributed by atoms with Crippen LogP contribution < -0.4 is 10.0 Å². The predicted octanol–water partition coefficient (Wildman–Crippen LogP) is 1.75. The lowest BCUT2D eigenvalue weighted by Gasteiger charge is -2.21. The quantitative estimate of drug-likeness (QED) is 0.889. The van der Waals surface area contributed by atoms with Gasteiger partial charge in [-0.15, -0.1) is 0 Å². The number of primary sulfonamides is 1. The molecule has 21 heavy (non-hydrogen) atoms. The van der Waals surface area contributed by atoms with Crippen molar-refractivity contribution >= 4 is 33.2 Å². The number of hydrogen-bond donors (Lipinski definition) is 1. The third-order valence-corrected chi connectivity index (χ3v) is 4.59. The average molecular weight is 343 g/mol. The molecule has 1 saturated heterocycles. The van der Waals surface area contributed by atoms with Crippen molar-refractivity contribution in [3.05, 3.63) is 28.8 Å². The van der Waals surface area contributed by atoms with E-state index in [1.807, 2.05) is 0 Å². The van der Waals surface area contributed by atoms with Crippen LogP contribution in [0.3, 0.4) is 0 Å². The second kappa shape index (κ2) is 5.15. The third kappa shape index (κ3) is 3.30. The maximum Gasteiger partial charge on any atom is 0.418 e. The summed E-state index contributed by atoms with van der Waals surface area (Å²) in [6, 6.07) is 2.92. The van der Waals surface area contributed by atoms with Gasteiger partial charge < -0.3 is 4.90 Å². The first-order chi connectivity index (χ1) is 9.50. The molecule has 1 heterocycles. The van der Waals surface area contributed by atoms with Crippen LogP contribution in [0, 0.1) is 0 Å². The first kappa shape index (κ1) is 16.1. The van der Waals surface area contributed by atoms with E-state index in [4.69, 9.17) is 16.7 Å². The van der Waals surface area contributed by atoms with Crippen LogP contribution in [0.1, 0.15) is 12.0 Å². The van der Waals surface area contributed by atoms with Gasteiger partial charge in [0.05, 0.1) is 11.3 Å². The number of carbonyl (C=O) groups excluding carboxylic acids is 1. The Kier molecular flexibility index (Phi) is 3.94. The minimum atomic E-state index is -4.72. The van der Waals surface area contributed by atoms with E-state index >= 15 is 0 Å². The number of carbonyl (C=O) groups is 1. The highest BCUT2D eigenvalue weighted by Crippen LogP contribution is 2.39. The van der Waals surface area contributed by atoms with E-state index in [2.05, 4.69) is 0 Å². The molecule has 116 valence electrons. The van der Waals surface area contributed by atoms with E-state index in [-0.39, 0.29) is 5.02 Å². The lowest BCUT2D eigenvalue weighted by Crippen LogP contribution is -2.33. The normalized spacial score (nSPS) is 20.1.